The Kier molecular flexibility index (Phi) is 7.52. The van der Waals surface area contributed by atoms with Crippen LogP contribution in [0, 0.1) is 11.3 Å². The number of amides is 2. The Hall–Kier alpha value is -1.59. The summed E-state index contributed by atoms with van der Waals surface area (Å²) in [5.74, 6) is 0.487. The van der Waals surface area contributed by atoms with Crippen molar-refractivity contribution < 1.29 is 9.59 Å². The average Bonchev–Trinajstić information content (AvgIpc) is 3.06. The molecule has 1 saturated heterocycles. The zero-order valence-corrected chi connectivity index (χ0v) is 18.1. The van der Waals surface area contributed by atoms with E-state index in [1.165, 1.54) is 6.42 Å². The zero-order valence-electron chi connectivity index (χ0n) is 17.3. The molecule has 2 N–H and O–H groups in total. The molecule has 3 atom stereocenters. The van der Waals surface area contributed by atoms with Crippen molar-refractivity contribution in [1.82, 2.24) is 9.80 Å². The van der Waals surface area contributed by atoms with Crippen LogP contribution >= 0.6 is 12.4 Å². The molecule has 1 aromatic carbocycles. The molecular formula is C22H34ClN3O2. The molecule has 3 rings (SSSR count). The number of likely N-dealkylation sites (N-methyl/N-ethyl adjacent to an activating group) is 1. The summed E-state index contributed by atoms with van der Waals surface area (Å²) in [5, 5.41) is 0. The topological polar surface area (TPSA) is 66.6 Å². The lowest BCUT2D eigenvalue weighted by molar-refractivity contribution is -0.135. The summed E-state index contributed by atoms with van der Waals surface area (Å²) < 4.78 is 0. The smallest absolute Gasteiger partial charge is 0.254 e. The number of carbonyl (C=O) groups excluding carboxylic acids is 2. The van der Waals surface area contributed by atoms with Gasteiger partial charge in [-0.2, -0.15) is 0 Å². The highest BCUT2D eigenvalue weighted by atomic mass is 35.5. The summed E-state index contributed by atoms with van der Waals surface area (Å²) in [5.41, 5.74) is 6.39. The fourth-order valence-electron chi connectivity index (χ4n) is 4.74. The van der Waals surface area contributed by atoms with Crippen LogP contribution in [-0.2, 0) is 4.79 Å². The van der Waals surface area contributed by atoms with Crippen LogP contribution in [0.3, 0.4) is 0 Å². The normalized spacial score (nSPS) is 24.3. The first-order chi connectivity index (χ1) is 12.8. The average molecular weight is 408 g/mol. The molecule has 2 aliphatic rings. The minimum absolute atomic E-state index is 0. The summed E-state index contributed by atoms with van der Waals surface area (Å²) in [6.45, 7) is 5.25. The predicted octanol–water partition coefficient (Wildman–Crippen LogP) is 3.33. The van der Waals surface area contributed by atoms with E-state index in [1.807, 2.05) is 42.3 Å². The number of benzene rings is 1. The standard InChI is InChI=1S/C22H33N3O2.ClH/c1-22(2,14-23)15-24(3)21(27)19-13-17-11-7-8-12-18(17)25(19)20(26)16-9-5-4-6-10-16;/h4-6,9-10,17-19H,7-8,11-15,23H2,1-3H3;1H. The SMILES string of the molecule is CN(CC(C)(C)CN)C(=O)C1CC2CCCCC2N1C(=O)c1ccccc1.Cl. The number of likely N-dealkylation sites (tertiary alicyclic amines) is 1. The maximum Gasteiger partial charge on any atom is 0.254 e. The van der Waals surface area contributed by atoms with Gasteiger partial charge in [0.15, 0.2) is 0 Å². The number of hydrogen-bond acceptors (Lipinski definition) is 3. The summed E-state index contributed by atoms with van der Waals surface area (Å²) in [4.78, 5) is 30.3. The van der Waals surface area contributed by atoms with E-state index in [9.17, 15) is 9.59 Å². The van der Waals surface area contributed by atoms with E-state index in [-0.39, 0.29) is 41.7 Å². The predicted molar refractivity (Wildman–Crippen MR) is 114 cm³/mol. The van der Waals surface area contributed by atoms with E-state index in [1.54, 1.807) is 4.90 Å². The van der Waals surface area contributed by atoms with Gasteiger partial charge >= 0.3 is 0 Å². The second-order valence-electron chi connectivity index (χ2n) is 9.00. The van der Waals surface area contributed by atoms with Gasteiger partial charge < -0.3 is 15.5 Å². The number of rotatable bonds is 5. The maximum atomic E-state index is 13.3. The number of fused-ring (bicyclic) bond motifs is 1. The number of nitrogens with two attached hydrogens (primary N) is 1. The molecule has 1 aliphatic carbocycles. The van der Waals surface area contributed by atoms with Crippen LogP contribution < -0.4 is 5.73 Å². The van der Waals surface area contributed by atoms with Crippen molar-refractivity contribution >= 4 is 24.2 Å². The Morgan fingerprint density at radius 2 is 1.82 bits per heavy atom. The van der Waals surface area contributed by atoms with Crippen molar-refractivity contribution in [1.29, 1.82) is 0 Å². The molecule has 2 amide bonds. The van der Waals surface area contributed by atoms with E-state index in [0.29, 0.717) is 24.6 Å². The molecule has 1 aromatic rings. The van der Waals surface area contributed by atoms with E-state index < -0.39 is 0 Å². The van der Waals surface area contributed by atoms with Crippen LogP contribution in [0.1, 0.15) is 56.3 Å². The van der Waals surface area contributed by atoms with Crippen LogP contribution in [0.5, 0.6) is 0 Å². The minimum atomic E-state index is -0.357. The van der Waals surface area contributed by atoms with Gasteiger partial charge in [0.1, 0.15) is 6.04 Å². The van der Waals surface area contributed by atoms with E-state index >= 15 is 0 Å². The number of nitrogens with zero attached hydrogens (tertiary/aromatic N) is 2. The van der Waals surface area contributed by atoms with E-state index in [4.69, 9.17) is 5.73 Å². The number of hydrogen-bond donors (Lipinski definition) is 1. The molecular weight excluding hydrogens is 374 g/mol. The summed E-state index contributed by atoms with van der Waals surface area (Å²) in [6.07, 6.45) is 5.24. The highest BCUT2D eigenvalue weighted by Gasteiger charge is 2.48. The molecule has 0 spiro atoms. The summed E-state index contributed by atoms with van der Waals surface area (Å²) >= 11 is 0. The van der Waals surface area contributed by atoms with Crippen LogP contribution in [0.2, 0.25) is 0 Å². The number of carbonyl (C=O) groups is 2. The van der Waals surface area contributed by atoms with E-state index in [2.05, 4.69) is 13.8 Å². The molecule has 1 aliphatic heterocycles. The molecule has 0 bridgehead atoms. The molecule has 156 valence electrons. The largest absolute Gasteiger partial charge is 0.343 e. The molecule has 0 radical (unpaired) electrons. The fraction of sp³-hybridized carbons (Fsp3) is 0.636. The van der Waals surface area contributed by atoms with Crippen molar-refractivity contribution in [3.8, 4) is 0 Å². The van der Waals surface area contributed by atoms with Gasteiger partial charge in [0, 0.05) is 25.2 Å². The lowest BCUT2D eigenvalue weighted by Gasteiger charge is -2.36. The van der Waals surface area contributed by atoms with Crippen molar-refractivity contribution in [3.05, 3.63) is 35.9 Å². The van der Waals surface area contributed by atoms with Crippen LogP contribution in [0.15, 0.2) is 30.3 Å². The monoisotopic (exact) mass is 407 g/mol. The number of halogens is 1. The van der Waals surface area contributed by atoms with Crippen molar-refractivity contribution in [2.45, 2.75) is 58.0 Å². The van der Waals surface area contributed by atoms with Gasteiger partial charge in [0.25, 0.3) is 5.91 Å². The highest BCUT2D eigenvalue weighted by Crippen LogP contribution is 2.41. The minimum Gasteiger partial charge on any atom is -0.343 e. The highest BCUT2D eigenvalue weighted by molar-refractivity contribution is 5.98. The Balaban J connectivity index is 0.00000280. The van der Waals surface area contributed by atoms with Crippen molar-refractivity contribution in [3.63, 3.8) is 0 Å². The third kappa shape index (κ3) is 4.69. The summed E-state index contributed by atoms with van der Waals surface area (Å²) in [6, 6.07) is 9.21. The Labute approximate surface area is 175 Å². The van der Waals surface area contributed by atoms with Crippen LogP contribution in [-0.4, -0.2) is 53.8 Å². The third-order valence-electron chi connectivity index (χ3n) is 6.22. The fourth-order valence-corrected chi connectivity index (χ4v) is 4.74. The Bertz CT molecular complexity index is 680. The second kappa shape index (κ2) is 9.27. The molecule has 0 aromatic heterocycles. The van der Waals surface area contributed by atoms with Gasteiger partial charge in [0.2, 0.25) is 5.91 Å². The molecule has 3 unspecified atom stereocenters. The maximum absolute atomic E-state index is 13.3. The van der Waals surface area contributed by atoms with Crippen LogP contribution in [0.25, 0.3) is 0 Å². The van der Waals surface area contributed by atoms with Gasteiger partial charge in [-0.1, -0.05) is 44.9 Å². The van der Waals surface area contributed by atoms with Gasteiger partial charge in [-0.25, -0.2) is 0 Å². The first-order valence-corrected chi connectivity index (χ1v) is 10.2. The first-order valence-electron chi connectivity index (χ1n) is 10.2. The second-order valence-corrected chi connectivity index (χ2v) is 9.00. The van der Waals surface area contributed by atoms with Gasteiger partial charge in [-0.15, -0.1) is 12.4 Å². The van der Waals surface area contributed by atoms with E-state index in [0.717, 1.165) is 25.7 Å². The van der Waals surface area contributed by atoms with Gasteiger partial charge in [-0.05, 0) is 49.3 Å². The van der Waals surface area contributed by atoms with Crippen molar-refractivity contribution in [2.75, 3.05) is 20.1 Å². The summed E-state index contributed by atoms with van der Waals surface area (Å²) in [7, 11) is 1.84. The Morgan fingerprint density at radius 1 is 1.18 bits per heavy atom. The first kappa shape index (κ1) is 22.7. The van der Waals surface area contributed by atoms with Gasteiger partial charge in [0.05, 0.1) is 0 Å². The lowest BCUT2D eigenvalue weighted by atomic mass is 9.84. The molecule has 1 saturated carbocycles. The van der Waals surface area contributed by atoms with Crippen LogP contribution in [0.4, 0.5) is 0 Å². The lowest BCUT2D eigenvalue weighted by Crippen LogP contribution is -2.51. The molecule has 5 nitrogen and oxygen atoms in total. The quantitative estimate of drug-likeness (QED) is 0.814. The zero-order chi connectivity index (χ0) is 19.6. The van der Waals surface area contributed by atoms with Crippen molar-refractivity contribution in [2.24, 2.45) is 17.1 Å². The molecule has 6 heteroatoms. The molecule has 1 heterocycles. The Morgan fingerprint density at radius 3 is 2.46 bits per heavy atom. The van der Waals surface area contributed by atoms with Gasteiger partial charge in [-0.3, -0.25) is 9.59 Å². The third-order valence-corrected chi connectivity index (χ3v) is 6.22. The molecule has 2 fully saturated rings. The molecule has 28 heavy (non-hydrogen) atoms.